The Labute approximate surface area is 92.3 Å². The average Bonchev–Trinajstić information content (AvgIpc) is 2.07. The second-order valence-corrected chi connectivity index (χ2v) is 5.99. The van der Waals surface area contributed by atoms with Gasteiger partial charge in [0.25, 0.3) is 0 Å². The predicted octanol–water partition coefficient (Wildman–Crippen LogP) is 1.84. The van der Waals surface area contributed by atoms with Gasteiger partial charge in [-0.2, -0.15) is 0 Å². The lowest BCUT2D eigenvalue weighted by Crippen LogP contribution is -2.45. The van der Waals surface area contributed by atoms with Gasteiger partial charge in [-0.05, 0) is 32.6 Å². The summed E-state index contributed by atoms with van der Waals surface area (Å²) in [6.07, 6.45) is 3.33. The molecule has 0 unspecified atom stereocenters. The third-order valence-electron chi connectivity index (χ3n) is 3.08. The Balaban J connectivity index is 2.40. The van der Waals surface area contributed by atoms with E-state index >= 15 is 0 Å². The van der Waals surface area contributed by atoms with Crippen LogP contribution in [0.1, 0.15) is 53.4 Å². The monoisotopic (exact) mass is 213 g/mol. The molecule has 0 bridgehead atoms. The molecule has 3 heteroatoms. The van der Waals surface area contributed by atoms with E-state index in [4.69, 9.17) is 0 Å². The van der Waals surface area contributed by atoms with Crippen molar-refractivity contribution < 1.29 is 9.90 Å². The fraction of sp³-hybridized carbons (Fsp3) is 0.917. The van der Waals surface area contributed by atoms with Crippen LogP contribution in [-0.2, 0) is 4.79 Å². The Morgan fingerprint density at radius 1 is 1.33 bits per heavy atom. The van der Waals surface area contributed by atoms with Crippen LogP contribution >= 0.6 is 0 Å². The first-order chi connectivity index (χ1) is 6.71. The maximum absolute atomic E-state index is 11.7. The molecule has 1 saturated carbocycles. The first kappa shape index (κ1) is 12.5. The lowest BCUT2D eigenvalue weighted by atomic mass is 9.83. The van der Waals surface area contributed by atoms with Crippen molar-refractivity contribution in [1.82, 2.24) is 5.32 Å². The molecule has 0 spiro atoms. The molecule has 0 heterocycles. The van der Waals surface area contributed by atoms with Crippen molar-refractivity contribution in [2.24, 2.45) is 5.41 Å². The molecule has 0 aromatic carbocycles. The van der Waals surface area contributed by atoms with Crippen LogP contribution in [0.2, 0.25) is 0 Å². The van der Waals surface area contributed by atoms with Crippen LogP contribution in [0.15, 0.2) is 0 Å². The van der Waals surface area contributed by atoms with Gasteiger partial charge >= 0.3 is 0 Å². The van der Waals surface area contributed by atoms with Gasteiger partial charge in [-0.15, -0.1) is 0 Å². The van der Waals surface area contributed by atoms with Gasteiger partial charge in [0.15, 0.2) is 0 Å². The van der Waals surface area contributed by atoms with E-state index in [1.165, 1.54) is 0 Å². The van der Waals surface area contributed by atoms with E-state index in [1.807, 2.05) is 27.7 Å². The van der Waals surface area contributed by atoms with Crippen LogP contribution in [-0.4, -0.2) is 22.7 Å². The lowest BCUT2D eigenvalue weighted by molar-refractivity contribution is -0.129. The molecule has 1 aliphatic rings. The number of carbonyl (C=O) groups excluding carboxylic acids is 1. The minimum Gasteiger partial charge on any atom is -0.390 e. The molecule has 0 atom stereocenters. The standard InChI is InChI=1S/C12H23NO2/c1-11(2,3)10(14)13-9-5-7-12(4,15)8-6-9/h9,15H,5-8H2,1-4H3,(H,13,14). The summed E-state index contributed by atoms with van der Waals surface area (Å²) in [7, 11) is 0. The average molecular weight is 213 g/mol. The van der Waals surface area contributed by atoms with Crippen LogP contribution in [0.25, 0.3) is 0 Å². The molecule has 0 aromatic heterocycles. The summed E-state index contributed by atoms with van der Waals surface area (Å²) in [6, 6.07) is 0.247. The molecule has 1 aliphatic carbocycles. The molecule has 0 saturated heterocycles. The van der Waals surface area contributed by atoms with Crippen molar-refractivity contribution >= 4 is 5.91 Å². The highest BCUT2D eigenvalue weighted by Crippen LogP contribution is 2.28. The highest BCUT2D eigenvalue weighted by atomic mass is 16.3. The van der Waals surface area contributed by atoms with Crippen molar-refractivity contribution in [2.75, 3.05) is 0 Å². The molecule has 3 nitrogen and oxygen atoms in total. The Bertz CT molecular complexity index is 230. The van der Waals surface area contributed by atoms with E-state index in [9.17, 15) is 9.90 Å². The minimum absolute atomic E-state index is 0.106. The summed E-state index contributed by atoms with van der Waals surface area (Å²) in [5.41, 5.74) is -0.844. The lowest BCUT2D eigenvalue weighted by Gasteiger charge is -2.34. The summed E-state index contributed by atoms with van der Waals surface area (Å²) in [6.45, 7) is 7.62. The molecule has 0 aliphatic heterocycles. The number of hydrogen-bond acceptors (Lipinski definition) is 2. The van der Waals surface area contributed by atoms with Gasteiger partial charge in [0.05, 0.1) is 5.60 Å². The Morgan fingerprint density at radius 3 is 2.20 bits per heavy atom. The zero-order valence-electron chi connectivity index (χ0n) is 10.3. The van der Waals surface area contributed by atoms with Crippen molar-refractivity contribution in [3.05, 3.63) is 0 Å². The number of amides is 1. The zero-order valence-corrected chi connectivity index (χ0v) is 10.3. The van der Waals surface area contributed by atoms with Crippen molar-refractivity contribution in [3.8, 4) is 0 Å². The van der Waals surface area contributed by atoms with E-state index in [1.54, 1.807) is 0 Å². The van der Waals surface area contributed by atoms with Crippen molar-refractivity contribution in [3.63, 3.8) is 0 Å². The van der Waals surface area contributed by atoms with Gasteiger partial charge in [-0.3, -0.25) is 4.79 Å². The second kappa shape index (κ2) is 4.12. The van der Waals surface area contributed by atoms with Crippen LogP contribution in [0.3, 0.4) is 0 Å². The SMILES string of the molecule is CC1(O)CCC(NC(=O)C(C)(C)C)CC1. The molecule has 1 fully saturated rings. The summed E-state index contributed by atoms with van der Waals surface area (Å²) < 4.78 is 0. The van der Waals surface area contributed by atoms with Gasteiger partial charge < -0.3 is 10.4 Å². The van der Waals surface area contributed by atoms with Gasteiger partial charge in [-0.25, -0.2) is 0 Å². The van der Waals surface area contributed by atoms with E-state index in [-0.39, 0.29) is 17.4 Å². The van der Waals surface area contributed by atoms with Crippen LogP contribution < -0.4 is 5.32 Å². The number of carbonyl (C=O) groups is 1. The largest absolute Gasteiger partial charge is 0.390 e. The Morgan fingerprint density at radius 2 is 1.80 bits per heavy atom. The number of rotatable bonds is 1. The first-order valence-corrected chi connectivity index (χ1v) is 5.74. The molecule has 0 radical (unpaired) electrons. The molecule has 1 rings (SSSR count). The molecular formula is C12H23NO2. The summed E-state index contributed by atoms with van der Waals surface area (Å²) >= 11 is 0. The van der Waals surface area contributed by atoms with E-state index in [0.717, 1.165) is 25.7 Å². The number of hydrogen-bond donors (Lipinski definition) is 2. The quantitative estimate of drug-likeness (QED) is 0.698. The summed E-state index contributed by atoms with van der Waals surface area (Å²) in [5, 5.41) is 12.8. The van der Waals surface area contributed by atoms with Gasteiger partial charge in [0.1, 0.15) is 0 Å². The second-order valence-electron chi connectivity index (χ2n) is 5.99. The fourth-order valence-electron chi connectivity index (χ4n) is 1.79. The fourth-order valence-corrected chi connectivity index (χ4v) is 1.79. The zero-order chi connectivity index (χ0) is 11.7. The van der Waals surface area contributed by atoms with E-state index in [2.05, 4.69) is 5.32 Å². The topological polar surface area (TPSA) is 49.3 Å². The Hall–Kier alpha value is -0.570. The minimum atomic E-state index is -0.525. The van der Waals surface area contributed by atoms with Crippen LogP contribution in [0.4, 0.5) is 0 Å². The molecule has 2 N–H and O–H groups in total. The van der Waals surface area contributed by atoms with Gasteiger partial charge in [0, 0.05) is 11.5 Å². The highest BCUT2D eigenvalue weighted by molar-refractivity contribution is 5.81. The highest BCUT2D eigenvalue weighted by Gasteiger charge is 2.31. The number of nitrogens with one attached hydrogen (secondary N) is 1. The van der Waals surface area contributed by atoms with Gasteiger partial charge in [0.2, 0.25) is 5.91 Å². The van der Waals surface area contributed by atoms with Crippen LogP contribution in [0.5, 0.6) is 0 Å². The van der Waals surface area contributed by atoms with E-state index in [0.29, 0.717) is 0 Å². The smallest absolute Gasteiger partial charge is 0.225 e. The Kier molecular flexibility index (Phi) is 3.44. The van der Waals surface area contributed by atoms with Crippen molar-refractivity contribution in [1.29, 1.82) is 0 Å². The summed E-state index contributed by atoms with van der Waals surface area (Å²) in [4.78, 5) is 11.7. The van der Waals surface area contributed by atoms with Gasteiger partial charge in [-0.1, -0.05) is 20.8 Å². The third kappa shape index (κ3) is 3.82. The molecule has 0 aromatic rings. The molecule has 15 heavy (non-hydrogen) atoms. The van der Waals surface area contributed by atoms with Crippen LogP contribution in [0, 0.1) is 5.41 Å². The molecule has 88 valence electrons. The molecular weight excluding hydrogens is 190 g/mol. The number of aliphatic hydroxyl groups is 1. The van der Waals surface area contributed by atoms with Crippen molar-refractivity contribution in [2.45, 2.75) is 65.0 Å². The predicted molar refractivity (Wildman–Crippen MR) is 60.5 cm³/mol. The van der Waals surface area contributed by atoms with E-state index < -0.39 is 5.60 Å². The maximum atomic E-state index is 11.7. The first-order valence-electron chi connectivity index (χ1n) is 5.74. The normalized spacial score (nSPS) is 32.5. The third-order valence-corrected chi connectivity index (χ3v) is 3.08. The summed E-state index contributed by atoms with van der Waals surface area (Å²) in [5.74, 6) is 0.106. The molecule has 1 amide bonds. The maximum Gasteiger partial charge on any atom is 0.225 e.